The summed E-state index contributed by atoms with van der Waals surface area (Å²) in [6.45, 7) is 3.37. The summed E-state index contributed by atoms with van der Waals surface area (Å²) in [4.78, 5) is 17.7. The molecule has 0 aliphatic carbocycles. The minimum absolute atomic E-state index is 0.172. The van der Waals surface area contributed by atoms with Crippen LogP contribution in [-0.2, 0) is 15.2 Å². The Bertz CT molecular complexity index is 634. The van der Waals surface area contributed by atoms with Gasteiger partial charge in [-0.05, 0) is 41.2 Å². The fraction of sp³-hybridized carbons (Fsp3) is 0.250. The second-order valence-electron chi connectivity index (χ2n) is 4.49. The lowest BCUT2D eigenvalue weighted by atomic mass is 10.1. The number of carbonyl (C=O) groups excluding carboxylic acids is 1. The highest BCUT2D eigenvalue weighted by molar-refractivity contribution is 9.10. The maximum Gasteiger partial charge on any atom is 0.361 e. The van der Waals surface area contributed by atoms with Gasteiger partial charge in [0.15, 0.2) is 11.4 Å². The van der Waals surface area contributed by atoms with Gasteiger partial charge >= 0.3 is 5.97 Å². The van der Waals surface area contributed by atoms with Gasteiger partial charge in [-0.1, -0.05) is 11.2 Å². The highest BCUT2D eigenvalue weighted by atomic mass is 79.9. The quantitative estimate of drug-likeness (QED) is 0.394. The van der Waals surface area contributed by atoms with E-state index in [1.165, 1.54) is 16.0 Å². The standard InChI is InChI=1S/C12H13BrN4O2S/c1-12(2,17-7-8(13)6-15-17)11(18)19-16-10(14)9-4-3-5-20-9/h3-7H,1-2H3,(H2,14,16). The zero-order chi connectivity index (χ0) is 14.8. The summed E-state index contributed by atoms with van der Waals surface area (Å²) < 4.78 is 2.27. The minimum Gasteiger partial charge on any atom is -0.380 e. The van der Waals surface area contributed by atoms with Gasteiger partial charge in [0.05, 0.1) is 15.5 Å². The normalized spacial score (nSPS) is 12.4. The van der Waals surface area contributed by atoms with Gasteiger partial charge in [0.25, 0.3) is 0 Å². The van der Waals surface area contributed by atoms with E-state index in [9.17, 15) is 4.79 Å². The molecule has 0 radical (unpaired) electrons. The Labute approximate surface area is 128 Å². The SMILES string of the molecule is CC(C)(C(=O)O/N=C(\N)c1cccs1)n1cc(Br)cn1. The van der Waals surface area contributed by atoms with E-state index in [2.05, 4.69) is 26.2 Å². The molecule has 6 nitrogen and oxygen atoms in total. The molecule has 2 heterocycles. The second kappa shape index (κ2) is 5.76. The van der Waals surface area contributed by atoms with E-state index in [1.807, 2.05) is 11.4 Å². The lowest BCUT2D eigenvalue weighted by Crippen LogP contribution is -2.37. The third-order valence-corrected chi connectivity index (χ3v) is 3.93. The van der Waals surface area contributed by atoms with Crippen molar-refractivity contribution in [1.82, 2.24) is 9.78 Å². The van der Waals surface area contributed by atoms with Crippen LogP contribution in [0.4, 0.5) is 0 Å². The molecule has 0 saturated carbocycles. The largest absolute Gasteiger partial charge is 0.380 e. The van der Waals surface area contributed by atoms with Gasteiger partial charge in [0.1, 0.15) is 0 Å². The molecule has 0 amide bonds. The van der Waals surface area contributed by atoms with Crippen LogP contribution in [-0.4, -0.2) is 21.6 Å². The van der Waals surface area contributed by atoms with Gasteiger partial charge in [0.2, 0.25) is 0 Å². The molecule has 8 heteroatoms. The van der Waals surface area contributed by atoms with E-state index in [-0.39, 0.29) is 5.84 Å². The molecule has 2 aromatic heterocycles. The van der Waals surface area contributed by atoms with Gasteiger partial charge < -0.3 is 10.6 Å². The molecule has 20 heavy (non-hydrogen) atoms. The first-order chi connectivity index (χ1) is 9.41. The molecule has 2 rings (SSSR count). The Morgan fingerprint density at radius 3 is 2.90 bits per heavy atom. The summed E-state index contributed by atoms with van der Waals surface area (Å²) in [7, 11) is 0. The van der Waals surface area contributed by atoms with E-state index >= 15 is 0 Å². The highest BCUT2D eigenvalue weighted by Gasteiger charge is 2.33. The van der Waals surface area contributed by atoms with Gasteiger partial charge in [-0.3, -0.25) is 4.68 Å². The van der Waals surface area contributed by atoms with E-state index in [4.69, 9.17) is 10.6 Å². The molecule has 0 atom stereocenters. The van der Waals surface area contributed by atoms with Gasteiger partial charge in [-0.2, -0.15) is 5.10 Å². The molecule has 0 spiro atoms. The number of nitrogens with two attached hydrogens (primary N) is 1. The Kier molecular flexibility index (Phi) is 4.24. The average Bonchev–Trinajstić information content (AvgIpc) is 3.06. The van der Waals surface area contributed by atoms with E-state index in [1.54, 1.807) is 32.3 Å². The van der Waals surface area contributed by atoms with Crippen LogP contribution >= 0.6 is 27.3 Å². The molecular formula is C12H13BrN4O2S. The number of hydrogen-bond acceptors (Lipinski definition) is 5. The average molecular weight is 357 g/mol. The molecule has 0 aromatic carbocycles. The number of halogens is 1. The van der Waals surface area contributed by atoms with Crippen LogP contribution in [0.5, 0.6) is 0 Å². The number of rotatable bonds is 4. The first-order valence-electron chi connectivity index (χ1n) is 5.70. The smallest absolute Gasteiger partial charge is 0.361 e. The fourth-order valence-electron chi connectivity index (χ4n) is 1.37. The molecule has 0 saturated heterocycles. The lowest BCUT2D eigenvalue weighted by Gasteiger charge is -2.21. The van der Waals surface area contributed by atoms with Crippen molar-refractivity contribution < 1.29 is 9.63 Å². The van der Waals surface area contributed by atoms with Crippen LogP contribution in [0.15, 0.2) is 39.5 Å². The number of hydrogen-bond donors (Lipinski definition) is 1. The molecule has 0 aliphatic heterocycles. The zero-order valence-electron chi connectivity index (χ0n) is 10.9. The summed E-state index contributed by atoms with van der Waals surface area (Å²) in [5.41, 5.74) is 4.75. The van der Waals surface area contributed by atoms with E-state index in [0.29, 0.717) is 0 Å². The van der Waals surface area contributed by atoms with Crippen molar-refractivity contribution in [2.24, 2.45) is 10.9 Å². The molecule has 0 bridgehead atoms. The third-order valence-electron chi connectivity index (χ3n) is 2.62. The van der Waals surface area contributed by atoms with Crippen molar-refractivity contribution in [2.45, 2.75) is 19.4 Å². The Hall–Kier alpha value is -1.67. The van der Waals surface area contributed by atoms with Crippen molar-refractivity contribution in [3.63, 3.8) is 0 Å². The van der Waals surface area contributed by atoms with Crippen molar-refractivity contribution >= 4 is 39.1 Å². The van der Waals surface area contributed by atoms with Crippen LogP contribution in [0.25, 0.3) is 0 Å². The Morgan fingerprint density at radius 2 is 2.35 bits per heavy atom. The van der Waals surface area contributed by atoms with Crippen LogP contribution < -0.4 is 5.73 Å². The highest BCUT2D eigenvalue weighted by Crippen LogP contribution is 2.19. The van der Waals surface area contributed by atoms with Crippen molar-refractivity contribution in [1.29, 1.82) is 0 Å². The van der Waals surface area contributed by atoms with Crippen LogP contribution in [0.1, 0.15) is 18.7 Å². The molecule has 106 valence electrons. The van der Waals surface area contributed by atoms with Crippen molar-refractivity contribution in [2.75, 3.05) is 0 Å². The summed E-state index contributed by atoms with van der Waals surface area (Å²) in [5.74, 6) is -0.376. The molecule has 0 aliphatic rings. The predicted octanol–water partition coefficient (Wildman–Crippen LogP) is 2.31. The number of thiophene rings is 1. The first kappa shape index (κ1) is 14.7. The fourth-order valence-corrected chi connectivity index (χ4v) is 2.28. The summed E-state index contributed by atoms with van der Waals surface area (Å²) in [5, 5.41) is 9.61. The van der Waals surface area contributed by atoms with Crippen molar-refractivity contribution in [3.8, 4) is 0 Å². The monoisotopic (exact) mass is 356 g/mol. The Balaban J connectivity index is 2.10. The van der Waals surface area contributed by atoms with E-state index in [0.717, 1.165) is 9.35 Å². The van der Waals surface area contributed by atoms with Crippen LogP contribution in [0.2, 0.25) is 0 Å². The molecular weight excluding hydrogens is 344 g/mol. The maximum atomic E-state index is 12.1. The number of carbonyl (C=O) groups is 1. The van der Waals surface area contributed by atoms with Crippen molar-refractivity contribution in [3.05, 3.63) is 39.3 Å². The van der Waals surface area contributed by atoms with Gasteiger partial charge in [-0.25, -0.2) is 4.79 Å². The van der Waals surface area contributed by atoms with E-state index < -0.39 is 11.5 Å². The van der Waals surface area contributed by atoms with Crippen LogP contribution in [0, 0.1) is 0 Å². The number of nitrogens with zero attached hydrogens (tertiary/aromatic N) is 3. The lowest BCUT2D eigenvalue weighted by molar-refractivity contribution is -0.153. The molecule has 2 N–H and O–H groups in total. The molecule has 0 fully saturated rings. The maximum absolute atomic E-state index is 12.1. The molecule has 2 aromatic rings. The first-order valence-corrected chi connectivity index (χ1v) is 7.38. The molecule has 0 unspecified atom stereocenters. The van der Waals surface area contributed by atoms with Gasteiger partial charge in [0, 0.05) is 6.20 Å². The second-order valence-corrected chi connectivity index (χ2v) is 6.36. The summed E-state index contributed by atoms with van der Waals surface area (Å²) in [6, 6.07) is 3.64. The minimum atomic E-state index is -0.981. The number of oxime groups is 1. The number of amidine groups is 1. The number of aromatic nitrogens is 2. The third kappa shape index (κ3) is 3.07. The van der Waals surface area contributed by atoms with Gasteiger partial charge in [-0.15, -0.1) is 11.3 Å². The predicted molar refractivity (Wildman–Crippen MR) is 80.4 cm³/mol. The summed E-state index contributed by atoms with van der Waals surface area (Å²) >= 11 is 4.70. The summed E-state index contributed by atoms with van der Waals surface area (Å²) in [6.07, 6.45) is 3.28. The Morgan fingerprint density at radius 1 is 1.60 bits per heavy atom. The zero-order valence-corrected chi connectivity index (χ0v) is 13.3. The topological polar surface area (TPSA) is 82.5 Å². The van der Waals surface area contributed by atoms with Crippen LogP contribution in [0.3, 0.4) is 0 Å².